The second-order valence-electron chi connectivity index (χ2n) is 5.57. The minimum absolute atomic E-state index is 0.136. The van der Waals surface area contributed by atoms with Gasteiger partial charge in [0.1, 0.15) is 5.82 Å². The van der Waals surface area contributed by atoms with E-state index in [2.05, 4.69) is 23.3 Å². The summed E-state index contributed by atoms with van der Waals surface area (Å²) in [6.45, 7) is 2.90. The fourth-order valence-corrected chi connectivity index (χ4v) is 2.76. The second kappa shape index (κ2) is 5.71. The number of benzene rings is 1. The van der Waals surface area contributed by atoms with E-state index >= 15 is 0 Å². The van der Waals surface area contributed by atoms with Crippen LogP contribution in [0.2, 0.25) is 0 Å². The van der Waals surface area contributed by atoms with Gasteiger partial charge in [0.2, 0.25) is 0 Å². The quantitative estimate of drug-likeness (QED) is 0.918. The Morgan fingerprint density at radius 3 is 2.85 bits per heavy atom. The predicted octanol–water partition coefficient (Wildman–Crippen LogP) is 3.56. The minimum atomic E-state index is -0.136. The molecule has 1 aromatic heterocycles. The van der Waals surface area contributed by atoms with Crippen molar-refractivity contribution in [2.75, 3.05) is 0 Å². The van der Waals surface area contributed by atoms with Crippen molar-refractivity contribution in [2.45, 2.75) is 38.3 Å². The van der Waals surface area contributed by atoms with Crippen molar-refractivity contribution >= 4 is 0 Å². The summed E-state index contributed by atoms with van der Waals surface area (Å²) < 4.78 is 13.2. The summed E-state index contributed by atoms with van der Waals surface area (Å²) >= 11 is 0. The van der Waals surface area contributed by atoms with Gasteiger partial charge in [-0.15, -0.1) is 0 Å². The molecule has 3 rings (SSSR count). The number of halogens is 1. The Balaban J connectivity index is 1.50. The SMILES string of the molecule is Cc1cccnc1CNC1CC(c2cccc(F)c2)C1. The largest absolute Gasteiger partial charge is 0.308 e. The van der Waals surface area contributed by atoms with E-state index in [4.69, 9.17) is 0 Å². The highest BCUT2D eigenvalue weighted by atomic mass is 19.1. The van der Waals surface area contributed by atoms with Crippen molar-refractivity contribution in [3.8, 4) is 0 Å². The summed E-state index contributed by atoms with van der Waals surface area (Å²) in [5.41, 5.74) is 3.46. The van der Waals surface area contributed by atoms with E-state index in [0.717, 1.165) is 30.6 Å². The van der Waals surface area contributed by atoms with E-state index in [-0.39, 0.29) is 5.82 Å². The van der Waals surface area contributed by atoms with Gasteiger partial charge in [-0.05, 0) is 55.0 Å². The molecule has 0 radical (unpaired) electrons. The van der Waals surface area contributed by atoms with Crippen LogP contribution < -0.4 is 5.32 Å². The van der Waals surface area contributed by atoms with Gasteiger partial charge in [-0.25, -0.2) is 4.39 Å². The number of nitrogens with zero attached hydrogens (tertiary/aromatic N) is 1. The lowest BCUT2D eigenvalue weighted by Gasteiger charge is -2.36. The maximum Gasteiger partial charge on any atom is 0.123 e. The fourth-order valence-electron chi connectivity index (χ4n) is 2.76. The molecule has 1 aliphatic rings. The maximum atomic E-state index is 13.2. The summed E-state index contributed by atoms with van der Waals surface area (Å²) in [7, 11) is 0. The molecule has 1 aromatic carbocycles. The van der Waals surface area contributed by atoms with Crippen LogP contribution >= 0.6 is 0 Å². The normalized spacial score (nSPS) is 21.5. The van der Waals surface area contributed by atoms with E-state index in [0.29, 0.717) is 12.0 Å². The lowest BCUT2D eigenvalue weighted by Crippen LogP contribution is -2.39. The maximum absolute atomic E-state index is 13.2. The Labute approximate surface area is 119 Å². The van der Waals surface area contributed by atoms with Gasteiger partial charge >= 0.3 is 0 Å². The molecule has 0 unspecified atom stereocenters. The standard InChI is InChI=1S/C17H19FN2/c1-12-4-3-7-19-17(12)11-20-16-9-14(10-16)13-5-2-6-15(18)8-13/h2-8,14,16,20H,9-11H2,1H3. The highest BCUT2D eigenvalue weighted by Gasteiger charge is 2.30. The highest BCUT2D eigenvalue weighted by Crippen LogP contribution is 2.37. The van der Waals surface area contributed by atoms with E-state index in [1.54, 1.807) is 12.1 Å². The monoisotopic (exact) mass is 270 g/mol. The van der Waals surface area contributed by atoms with Gasteiger partial charge < -0.3 is 5.32 Å². The number of hydrogen-bond acceptors (Lipinski definition) is 2. The van der Waals surface area contributed by atoms with Crippen LogP contribution in [0.1, 0.15) is 35.6 Å². The average Bonchev–Trinajstić information content (AvgIpc) is 2.39. The Morgan fingerprint density at radius 1 is 1.25 bits per heavy atom. The fraction of sp³-hybridized carbons (Fsp3) is 0.353. The van der Waals surface area contributed by atoms with Gasteiger partial charge in [-0.2, -0.15) is 0 Å². The van der Waals surface area contributed by atoms with Gasteiger partial charge in [-0.1, -0.05) is 18.2 Å². The zero-order chi connectivity index (χ0) is 13.9. The molecule has 3 heteroatoms. The van der Waals surface area contributed by atoms with Gasteiger partial charge in [0.15, 0.2) is 0 Å². The van der Waals surface area contributed by atoms with Crippen molar-refractivity contribution < 1.29 is 4.39 Å². The van der Waals surface area contributed by atoms with Crippen LogP contribution in [0.5, 0.6) is 0 Å². The lowest BCUT2D eigenvalue weighted by atomic mass is 9.76. The Kier molecular flexibility index (Phi) is 3.79. The third kappa shape index (κ3) is 2.88. The van der Waals surface area contributed by atoms with Crippen LogP contribution in [0.25, 0.3) is 0 Å². The molecule has 1 N–H and O–H groups in total. The molecule has 1 heterocycles. The van der Waals surface area contributed by atoms with Gasteiger partial charge in [-0.3, -0.25) is 4.98 Å². The van der Waals surface area contributed by atoms with Crippen LogP contribution in [-0.4, -0.2) is 11.0 Å². The molecule has 0 amide bonds. The molecule has 1 aliphatic carbocycles. The van der Waals surface area contributed by atoms with Crippen molar-refractivity contribution in [1.29, 1.82) is 0 Å². The first-order valence-corrected chi connectivity index (χ1v) is 7.11. The summed E-state index contributed by atoms with van der Waals surface area (Å²) in [5, 5.41) is 3.53. The molecular weight excluding hydrogens is 251 g/mol. The summed E-state index contributed by atoms with van der Waals surface area (Å²) in [6.07, 6.45) is 3.99. The van der Waals surface area contributed by atoms with E-state index in [1.807, 2.05) is 18.3 Å². The van der Waals surface area contributed by atoms with E-state index in [9.17, 15) is 4.39 Å². The molecule has 0 aliphatic heterocycles. The molecule has 2 aromatic rings. The Morgan fingerprint density at radius 2 is 2.10 bits per heavy atom. The molecule has 2 nitrogen and oxygen atoms in total. The number of aromatic nitrogens is 1. The van der Waals surface area contributed by atoms with Crippen molar-refractivity contribution in [3.63, 3.8) is 0 Å². The molecule has 0 spiro atoms. The summed E-state index contributed by atoms with van der Waals surface area (Å²) in [4.78, 5) is 4.39. The van der Waals surface area contributed by atoms with Crippen LogP contribution in [0.4, 0.5) is 4.39 Å². The van der Waals surface area contributed by atoms with Crippen molar-refractivity contribution in [3.05, 3.63) is 65.2 Å². The molecule has 20 heavy (non-hydrogen) atoms. The number of aryl methyl sites for hydroxylation is 1. The third-order valence-corrected chi connectivity index (χ3v) is 4.13. The number of hydrogen-bond donors (Lipinski definition) is 1. The predicted molar refractivity (Wildman–Crippen MR) is 78.0 cm³/mol. The van der Waals surface area contributed by atoms with Crippen LogP contribution in [0.3, 0.4) is 0 Å². The molecule has 0 atom stereocenters. The Bertz CT molecular complexity index is 591. The first kappa shape index (κ1) is 13.3. The Hall–Kier alpha value is -1.74. The number of rotatable bonds is 4. The molecule has 104 valence electrons. The number of nitrogens with one attached hydrogen (secondary N) is 1. The zero-order valence-electron chi connectivity index (χ0n) is 11.6. The van der Waals surface area contributed by atoms with Crippen molar-refractivity contribution in [1.82, 2.24) is 10.3 Å². The second-order valence-corrected chi connectivity index (χ2v) is 5.57. The zero-order valence-corrected chi connectivity index (χ0v) is 11.6. The summed E-state index contributed by atoms with van der Waals surface area (Å²) in [6, 6.07) is 11.5. The molecule has 1 fully saturated rings. The first-order valence-electron chi connectivity index (χ1n) is 7.11. The van der Waals surface area contributed by atoms with E-state index in [1.165, 1.54) is 11.6 Å². The van der Waals surface area contributed by atoms with Crippen LogP contribution in [-0.2, 0) is 6.54 Å². The topological polar surface area (TPSA) is 24.9 Å². The van der Waals surface area contributed by atoms with Gasteiger partial charge in [0, 0.05) is 18.8 Å². The van der Waals surface area contributed by atoms with Gasteiger partial charge in [0.25, 0.3) is 0 Å². The van der Waals surface area contributed by atoms with Crippen LogP contribution in [0.15, 0.2) is 42.6 Å². The van der Waals surface area contributed by atoms with Gasteiger partial charge in [0.05, 0.1) is 5.69 Å². The lowest BCUT2D eigenvalue weighted by molar-refractivity contribution is 0.288. The molecule has 0 saturated heterocycles. The highest BCUT2D eigenvalue weighted by molar-refractivity contribution is 5.24. The minimum Gasteiger partial charge on any atom is -0.308 e. The third-order valence-electron chi connectivity index (χ3n) is 4.13. The average molecular weight is 270 g/mol. The molecule has 0 bridgehead atoms. The smallest absolute Gasteiger partial charge is 0.123 e. The van der Waals surface area contributed by atoms with Crippen LogP contribution in [0, 0.1) is 12.7 Å². The molecular formula is C17H19FN2. The van der Waals surface area contributed by atoms with Crippen molar-refractivity contribution in [2.24, 2.45) is 0 Å². The molecule has 1 saturated carbocycles. The number of pyridine rings is 1. The van der Waals surface area contributed by atoms with E-state index < -0.39 is 0 Å². The summed E-state index contributed by atoms with van der Waals surface area (Å²) in [5.74, 6) is 0.357. The first-order chi connectivity index (χ1) is 9.72.